The first-order valence-electron chi connectivity index (χ1n) is 6.07. The topological polar surface area (TPSA) is 87.1 Å². The molecule has 106 valence electrons. The summed E-state index contributed by atoms with van der Waals surface area (Å²) >= 11 is 5.77. The highest BCUT2D eigenvalue weighted by molar-refractivity contribution is 6.30. The van der Waals surface area contributed by atoms with E-state index < -0.39 is 11.8 Å². The van der Waals surface area contributed by atoms with E-state index >= 15 is 0 Å². The Morgan fingerprint density at radius 2 is 1.86 bits per heavy atom. The van der Waals surface area contributed by atoms with E-state index in [1.54, 1.807) is 42.5 Å². The molecule has 0 radical (unpaired) electrons. The Morgan fingerprint density at radius 1 is 1.10 bits per heavy atom. The minimum atomic E-state index is -0.572. The second-order valence-corrected chi connectivity index (χ2v) is 4.72. The van der Waals surface area contributed by atoms with Gasteiger partial charge >= 0.3 is 11.8 Å². The lowest BCUT2D eigenvalue weighted by molar-refractivity contribution is 0.262. The molecule has 0 atom stereocenters. The molecule has 0 spiro atoms. The van der Waals surface area contributed by atoms with Crippen molar-refractivity contribution in [3.8, 4) is 0 Å². The van der Waals surface area contributed by atoms with E-state index in [1.807, 2.05) is 0 Å². The number of halogens is 1. The van der Waals surface area contributed by atoms with E-state index in [2.05, 4.69) is 15.6 Å². The molecule has 0 unspecified atom stereocenters. The van der Waals surface area contributed by atoms with Crippen molar-refractivity contribution < 1.29 is 9.21 Å². The van der Waals surface area contributed by atoms with Crippen LogP contribution in [0.2, 0.25) is 5.02 Å². The Bertz CT molecular complexity index is 852. The van der Waals surface area contributed by atoms with Gasteiger partial charge < -0.3 is 15.1 Å². The molecule has 0 bridgehead atoms. The number of amides is 2. The van der Waals surface area contributed by atoms with Crippen LogP contribution in [0, 0.1) is 0 Å². The maximum atomic E-state index is 11.9. The molecular formula is C14H10ClN3O3. The number of benzene rings is 2. The first-order valence-corrected chi connectivity index (χ1v) is 6.45. The van der Waals surface area contributed by atoms with Gasteiger partial charge in [0.05, 0.1) is 11.2 Å². The smallest absolute Gasteiger partial charge is 0.406 e. The summed E-state index contributed by atoms with van der Waals surface area (Å²) in [5.74, 6) is -0.572. The second kappa shape index (κ2) is 5.34. The Hall–Kier alpha value is -2.73. The van der Waals surface area contributed by atoms with Crippen molar-refractivity contribution in [2.45, 2.75) is 0 Å². The van der Waals surface area contributed by atoms with Gasteiger partial charge in [0, 0.05) is 10.7 Å². The molecule has 2 amide bonds. The number of urea groups is 1. The van der Waals surface area contributed by atoms with Crippen LogP contribution in [0.4, 0.5) is 16.2 Å². The average Bonchev–Trinajstić information content (AvgIpc) is 2.83. The summed E-state index contributed by atoms with van der Waals surface area (Å²) in [6, 6.07) is 11.3. The van der Waals surface area contributed by atoms with Gasteiger partial charge in [-0.1, -0.05) is 17.7 Å². The van der Waals surface area contributed by atoms with Crippen molar-refractivity contribution in [2.24, 2.45) is 0 Å². The van der Waals surface area contributed by atoms with Crippen LogP contribution in [0.5, 0.6) is 0 Å². The zero-order valence-corrected chi connectivity index (χ0v) is 11.4. The number of hydrogen-bond acceptors (Lipinski definition) is 3. The molecule has 1 heterocycles. The lowest BCUT2D eigenvalue weighted by Crippen LogP contribution is -2.19. The van der Waals surface area contributed by atoms with Crippen LogP contribution in [-0.4, -0.2) is 11.0 Å². The van der Waals surface area contributed by atoms with Gasteiger partial charge in [-0.3, -0.25) is 4.98 Å². The number of carbonyl (C=O) groups excluding carboxylic acids is 1. The molecule has 0 saturated heterocycles. The quantitative estimate of drug-likeness (QED) is 0.678. The lowest BCUT2D eigenvalue weighted by Gasteiger charge is -2.07. The van der Waals surface area contributed by atoms with Crippen LogP contribution in [0.3, 0.4) is 0 Å². The first-order chi connectivity index (χ1) is 10.1. The standard InChI is InChI=1S/C14H10ClN3O3/c15-8-4-6-9(7-5-8)16-13(19)17-10-2-1-3-11-12(10)21-14(20)18-11/h1-7H,(H,18,20)(H2,16,17,19). The van der Waals surface area contributed by atoms with Crippen molar-refractivity contribution in [2.75, 3.05) is 10.6 Å². The number of nitrogens with one attached hydrogen (secondary N) is 3. The highest BCUT2D eigenvalue weighted by Crippen LogP contribution is 2.21. The molecule has 0 aliphatic rings. The van der Waals surface area contributed by atoms with E-state index in [9.17, 15) is 9.59 Å². The van der Waals surface area contributed by atoms with Crippen molar-refractivity contribution in [1.29, 1.82) is 0 Å². The van der Waals surface area contributed by atoms with Crippen molar-refractivity contribution in [3.63, 3.8) is 0 Å². The Labute approximate surface area is 123 Å². The number of aromatic amines is 1. The molecule has 3 rings (SSSR count). The SMILES string of the molecule is O=C(Nc1ccc(Cl)cc1)Nc1cccc2[nH]c(=O)oc12. The van der Waals surface area contributed by atoms with Crippen LogP contribution < -0.4 is 16.4 Å². The third kappa shape index (κ3) is 2.90. The van der Waals surface area contributed by atoms with Crippen LogP contribution in [0.25, 0.3) is 11.1 Å². The fourth-order valence-electron chi connectivity index (χ4n) is 1.89. The Balaban J connectivity index is 1.80. The molecule has 6 nitrogen and oxygen atoms in total. The van der Waals surface area contributed by atoms with Gasteiger partial charge in [-0.15, -0.1) is 0 Å². The molecule has 21 heavy (non-hydrogen) atoms. The highest BCUT2D eigenvalue weighted by atomic mass is 35.5. The molecule has 0 fully saturated rings. The van der Waals surface area contributed by atoms with Crippen molar-refractivity contribution >= 4 is 40.1 Å². The Morgan fingerprint density at radius 3 is 2.62 bits per heavy atom. The van der Waals surface area contributed by atoms with E-state index in [-0.39, 0.29) is 0 Å². The number of aromatic nitrogens is 1. The minimum absolute atomic E-state index is 0.300. The van der Waals surface area contributed by atoms with Gasteiger partial charge in [-0.2, -0.15) is 0 Å². The van der Waals surface area contributed by atoms with Gasteiger partial charge in [0.2, 0.25) is 0 Å². The zero-order valence-electron chi connectivity index (χ0n) is 10.6. The normalized spacial score (nSPS) is 10.5. The molecule has 1 aromatic heterocycles. The lowest BCUT2D eigenvalue weighted by atomic mass is 10.3. The van der Waals surface area contributed by atoms with E-state index in [0.29, 0.717) is 27.5 Å². The van der Waals surface area contributed by atoms with Crippen LogP contribution in [-0.2, 0) is 0 Å². The van der Waals surface area contributed by atoms with Crippen LogP contribution in [0.1, 0.15) is 0 Å². The summed E-state index contributed by atoms with van der Waals surface area (Å²) in [4.78, 5) is 25.6. The third-order valence-electron chi connectivity index (χ3n) is 2.80. The van der Waals surface area contributed by atoms with Gasteiger partial charge in [0.25, 0.3) is 0 Å². The summed E-state index contributed by atoms with van der Waals surface area (Å²) in [6.45, 7) is 0. The largest absolute Gasteiger partial charge is 0.417 e. The number of rotatable bonds is 2. The van der Waals surface area contributed by atoms with Crippen molar-refractivity contribution in [3.05, 3.63) is 58.0 Å². The second-order valence-electron chi connectivity index (χ2n) is 4.28. The van der Waals surface area contributed by atoms with Gasteiger partial charge in [-0.05, 0) is 36.4 Å². The number of hydrogen-bond donors (Lipinski definition) is 3. The van der Waals surface area contributed by atoms with E-state index in [1.165, 1.54) is 0 Å². The zero-order chi connectivity index (χ0) is 14.8. The maximum absolute atomic E-state index is 11.9. The molecule has 0 saturated carbocycles. The number of carbonyl (C=O) groups is 1. The molecule has 7 heteroatoms. The number of para-hydroxylation sites is 1. The van der Waals surface area contributed by atoms with E-state index in [0.717, 1.165) is 0 Å². The van der Waals surface area contributed by atoms with E-state index in [4.69, 9.17) is 16.0 Å². The predicted molar refractivity (Wildman–Crippen MR) is 80.9 cm³/mol. The number of anilines is 2. The average molecular weight is 304 g/mol. The number of fused-ring (bicyclic) bond motifs is 1. The number of H-pyrrole nitrogens is 1. The first kappa shape index (κ1) is 13.3. The fraction of sp³-hybridized carbons (Fsp3) is 0. The van der Waals surface area contributed by atoms with Crippen LogP contribution in [0.15, 0.2) is 51.7 Å². The minimum Gasteiger partial charge on any atom is -0.406 e. The molecule has 0 aliphatic carbocycles. The third-order valence-corrected chi connectivity index (χ3v) is 3.05. The Kier molecular flexibility index (Phi) is 3.37. The maximum Gasteiger partial charge on any atom is 0.417 e. The monoisotopic (exact) mass is 303 g/mol. The molecule has 2 aromatic carbocycles. The molecule has 3 N–H and O–H groups in total. The number of oxazole rings is 1. The highest BCUT2D eigenvalue weighted by Gasteiger charge is 2.09. The molecular weight excluding hydrogens is 294 g/mol. The van der Waals surface area contributed by atoms with Gasteiger partial charge in [0.15, 0.2) is 5.58 Å². The fourth-order valence-corrected chi connectivity index (χ4v) is 2.02. The summed E-state index contributed by atoms with van der Waals surface area (Å²) < 4.78 is 4.99. The summed E-state index contributed by atoms with van der Waals surface area (Å²) in [6.07, 6.45) is 0. The van der Waals surface area contributed by atoms with Crippen LogP contribution >= 0.6 is 11.6 Å². The van der Waals surface area contributed by atoms with Gasteiger partial charge in [0.1, 0.15) is 0 Å². The molecule has 0 aliphatic heterocycles. The summed E-state index contributed by atoms with van der Waals surface area (Å²) in [7, 11) is 0. The summed E-state index contributed by atoms with van der Waals surface area (Å²) in [5, 5.41) is 5.86. The predicted octanol–water partition coefficient (Wildman–Crippen LogP) is 3.42. The summed E-state index contributed by atoms with van der Waals surface area (Å²) in [5.41, 5.74) is 1.81. The van der Waals surface area contributed by atoms with Crippen molar-refractivity contribution in [1.82, 2.24) is 4.98 Å². The molecule has 3 aromatic rings. The van der Waals surface area contributed by atoms with Gasteiger partial charge in [-0.25, -0.2) is 9.59 Å².